The maximum Gasteiger partial charge on any atom is 0.231 e. The van der Waals surface area contributed by atoms with Crippen molar-refractivity contribution in [3.8, 4) is 34.8 Å². The molecule has 2 aliphatic heterocycles. The molecule has 0 spiro atoms. The van der Waals surface area contributed by atoms with E-state index in [9.17, 15) is 5.26 Å². The van der Waals surface area contributed by atoms with Crippen LogP contribution >= 0.6 is 15.9 Å². The highest BCUT2D eigenvalue weighted by Crippen LogP contribution is 2.50. The molecule has 0 fully saturated rings. The van der Waals surface area contributed by atoms with Crippen molar-refractivity contribution in [3.63, 3.8) is 0 Å². The van der Waals surface area contributed by atoms with Gasteiger partial charge < -0.3 is 29.4 Å². The molecule has 0 bridgehead atoms. The number of hydrogen-bond acceptors (Lipinski definition) is 7. The Labute approximate surface area is 170 Å². The van der Waals surface area contributed by atoms with Gasteiger partial charge in [0.15, 0.2) is 23.0 Å². The van der Waals surface area contributed by atoms with E-state index in [-0.39, 0.29) is 12.7 Å². The number of ether oxygens (including phenoxy) is 5. The van der Waals surface area contributed by atoms with Crippen LogP contribution in [0.5, 0.6) is 28.7 Å². The van der Waals surface area contributed by atoms with Crippen molar-refractivity contribution in [2.45, 2.75) is 12.8 Å². The molecule has 144 valence electrons. The number of nitrogens with zero attached hydrogens (tertiary/aromatic N) is 1. The lowest BCUT2D eigenvalue weighted by atomic mass is 9.83. The molecule has 0 aliphatic carbocycles. The first kappa shape index (κ1) is 18.3. The second kappa shape index (κ2) is 7.17. The third-order valence-corrected chi connectivity index (χ3v) is 5.29. The summed E-state index contributed by atoms with van der Waals surface area (Å²) in [6.45, 7) is 2.51. The van der Waals surface area contributed by atoms with Crippen LogP contribution in [0.15, 0.2) is 40.2 Å². The van der Waals surface area contributed by atoms with Crippen LogP contribution in [-0.2, 0) is 0 Å². The Bertz CT molecular complexity index is 1030. The van der Waals surface area contributed by atoms with Crippen LogP contribution in [0.4, 0.5) is 0 Å². The van der Waals surface area contributed by atoms with Gasteiger partial charge in [0.2, 0.25) is 12.7 Å². The Morgan fingerprint density at radius 2 is 1.89 bits per heavy atom. The van der Waals surface area contributed by atoms with E-state index in [2.05, 4.69) is 22.0 Å². The Balaban J connectivity index is 1.94. The van der Waals surface area contributed by atoms with Crippen molar-refractivity contribution >= 4 is 15.9 Å². The summed E-state index contributed by atoms with van der Waals surface area (Å²) in [4.78, 5) is 0. The van der Waals surface area contributed by atoms with Crippen LogP contribution in [0.2, 0.25) is 0 Å². The molecule has 0 saturated carbocycles. The number of nitriles is 1. The molecule has 2 aliphatic rings. The van der Waals surface area contributed by atoms with Crippen molar-refractivity contribution in [2.75, 3.05) is 20.5 Å². The van der Waals surface area contributed by atoms with Gasteiger partial charge in [-0.05, 0) is 30.7 Å². The van der Waals surface area contributed by atoms with E-state index in [0.717, 1.165) is 15.6 Å². The highest BCUT2D eigenvalue weighted by atomic mass is 79.9. The fourth-order valence-electron chi connectivity index (χ4n) is 3.37. The van der Waals surface area contributed by atoms with E-state index in [1.165, 1.54) is 0 Å². The second-order valence-electron chi connectivity index (χ2n) is 6.13. The highest BCUT2D eigenvalue weighted by Gasteiger charge is 2.35. The third-order valence-electron chi connectivity index (χ3n) is 4.60. The van der Waals surface area contributed by atoms with Gasteiger partial charge >= 0.3 is 0 Å². The maximum atomic E-state index is 9.78. The number of allylic oxidation sites excluding steroid dienone is 1. The normalized spacial score (nSPS) is 16.9. The maximum absolute atomic E-state index is 9.78. The third kappa shape index (κ3) is 2.88. The smallest absolute Gasteiger partial charge is 0.231 e. The predicted octanol–water partition coefficient (Wildman–Crippen LogP) is 3.80. The molecule has 0 saturated heterocycles. The number of rotatable bonds is 4. The molecule has 2 heterocycles. The fourth-order valence-corrected chi connectivity index (χ4v) is 3.92. The molecule has 4 rings (SSSR count). The van der Waals surface area contributed by atoms with E-state index in [1.807, 2.05) is 25.1 Å². The van der Waals surface area contributed by atoms with Gasteiger partial charge in [-0.25, -0.2) is 0 Å². The minimum absolute atomic E-state index is 0.0551. The molecule has 0 aromatic heterocycles. The lowest BCUT2D eigenvalue weighted by Gasteiger charge is -2.28. The van der Waals surface area contributed by atoms with Crippen LogP contribution in [-0.4, -0.2) is 20.5 Å². The first-order valence-corrected chi connectivity index (χ1v) is 9.38. The van der Waals surface area contributed by atoms with Gasteiger partial charge in [-0.15, -0.1) is 0 Å². The van der Waals surface area contributed by atoms with Crippen LogP contribution in [0.3, 0.4) is 0 Å². The van der Waals surface area contributed by atoms with Gasteiger partial charge in [0.05, 0.1) is 19.6 Å². The molecular weight excluding hydrogens is 428 g/mol. The number of fused-ring (bicyclic) bond motifs is 2. The molecule has 2 aromatic rings. The van der Waals surface area contributed by atoms with E-state index in [1.54, 1.807) is 13.2 Å². The number of methoxy groups -OCH3 is 1. The van der Waals surface area contributed by atoms with Gasteiger partial charge in [0.1, 0.15) is 17.4 Å². The van der Waals surface area contributed by atoms with Gasteiger partial charge in [-0.1, -0.05) is 15.9 Å². The summed E-state index contributed by atoms with van der Waals surface area (Å²) in [5.74, 6) is 2.45. The number of halogens is 1. The summed E-state index contributed by atoms with van der Waals surface area (Å²) < 4.78 is 28.5. The van der Waals surface area contributed by atoms with Crippen molar-refractivity contribution in [1.29, 1.82) is 5.26 Å². The van der Waals surface area contributed by atoms with E-state index in [0.29, 0.717) is 40.9 Å². The zero-order chi connectivity index (χ0) is 19.8. The largest absolute Gasteiger partial charge is 0.493 e. The lowest BCUT2D eigenvalue weighted by molar-refractivity contribution is 0.174. The predicted molar refractivity (Wildman–Crippen MR) is 104 cm³/mol. The fraction of sp³-hybridized carbons (Fsp3) is 0.250. The molecular formula is C20H17BrN2O5. The standard InChI is InChI=1S/C20H17BrN2O5/c1-3-25-16-4-10(13(21)6-15(16)24-2)19-11-5-17-18(27-9-26-17)7-14(11)28-20(23)12(19)8-22/h4-7,19H,3,9,23H2,1-2H3/t19-/m0/s1. The summed E-state index contributed by atoms with van der Waals surface area (Å²) in [5, 5.41) is 9.78. The summed E-state index contributed by atoms with van der Waals surface area (Å²) in [6.07, 6.45) is 0. The zero-order valence-electron chi connectivity index (χ0n) is 15.2. The van der Waals surface area contributed by atoms with E-state index < -0.39 is 5.92 Å². The molecule has 7 nitrogen and oxygen atoms in total. The highest BCUT2D eigenvalue weighted by molar-refractivity contribution is 9.10. The Morgan fingerprint density at radius 1 is 1.14 bits per heavy atom. The summed E-state index contributed by atoms with van der Waals surface area (Å²) in [5.41, 5.74) is 7.93. The molecule has 28 heavy (non-hydrogen) atoms. The van der Waals surface area contributed by atoms with Gasteiger partial charge in [0.25, 0.3) is 0 Å². The quantitative estimate of drug-likeness (QED) is 0.765. The first-order valence-electron chi connectivity index (χ1n) is 8.58. The Hall–Kier alpha value is -3.05. The zero-order valence-corrected chi connectivity index (χ0v) is 16.8. The summed E-state index contributed by atoms with van der Waals surface area (Å²) >= 11 is 3.59. The van der Waals surface area contributed by atoms with E-state index >= 15 is 0 Å². The average molecular weight is 445 g/mol. The van der Waals surface area contributed by atoms with E-state index in [4.69, 9.17) is 29.4 Å². The Morgan fingerprint density at radius 3 is 2.57 bits per heavy atom. The molecule has 0 amide bonds. The first-order chi connectivity index (χ1) is 13.6. The molecule has 0 unspecified atom stereocenters. The minimum atomic E-state index is -0.470. The number of nitrogens with two attached hydrogens (primary N) is 1. The molecule has 2 aromatic carbocycles. The van der Waals surface area contributed by atoms with Crippen molar-refractivity contribution in [2.24, 2.45) is 5.73 Å². The summed E-state index contributed by atoms with van der Waals surface area (Å²) in [6, 6.07) is 9.40. The minimum Gasteiger partial charge on any atom is -0.493 e. The Kier molecular flexibility index (Phi) is 4.69. The molecule has 8 heteroatoms. The van der Waals surface area contributed by atoms with Gasteiger partial charge in [-0.3, -0.25) is 0 Å². The summed E-state index contributed by atoms with van der Waals surface area (Å²) in [7, 11) is 1.58. The molecule has 1 atom stereocenters. The van der Waals surface area contributed by atoms with Crippen molar-refractivity contribution in [1.82, 2.24) is 0 Å². The number of benzene rings is 2. The SMILES string of the molecule is CCOc1cc([C@@H]2C(C#N)=C(N)Oc3cc4c(cc32)OCO4)c(Br)cc1OC. The van der Waals surface area contributed by atoms with Crippen LogP contribution < -0.4 is 29.4 Å². The van der Waals surface area contributed by atoms with Crippen LogP contribution in [0.1, 0.15) is 24.0 Å². The van der Waals surface area contributed by atoms with Crippen LogP contribution in [0, 0.1) is 11.3 Å². The average Bonchev–Trinajstić information content (AvgIpc) is 3.14. The lowest BCUT2D eigenvalue weighted by Crippen LogP contribution is -2.21. The van der Waals surface area contributed by atoms with Crippen molar-refractivity contribution in [3.05, 3.63) is 51.3 Å². The molecule has 2 N–H and O–H groups in total. The topological polar surface area (TPSA) is 96.0 Å². The molecule has 0 radical (unpaired) electrons. The van der Waals surface area contributed by atoms with Crippen LogP contribution in [0.25, 0.3) is 0 Å². The number of hydrogen-bond donors (Lipinski definition) is 1. The van der Waals surface area contributed by atoms with Gasteiger partial charge in [0, 0.05) is 16.1 Å². The van der Waals surface area contributed by atoms with Gasteiger partial charge in [-0.2, -0.15) is 5.26 Å². The second-order valence-corrected chi connectivity index (χ2v) is 6.98. The monoisotopic (exact) mass is 444 g/mol. The van der Waals surface area contributed by atoms with Crippen molar-refractivity contribution < 1.29 is 23.7 Å².